The van der Waals surface area contributed by atoms with E-state index in [0.29, 0.717) is 11.0 Å². The molecule has 0 N–H and O–H groups in total. The summed E-state index contributed by atoms with van der Waals surface area (Å²) in [5.74, 6) is 0.807. The second kappa shape index (κ2) is 6.39. The largest absolute Gasteiger partial charge is 0.299 e. The Labute approximate surface area is 125 Å². The maximum absolute atomic E-state index is 11.9. The maximum atomic E-state index is 11.9. The van der Waals surface area contributed by atoms with E-state index in [1.807, 2.05) is 6.92 Å². The van der Waals surface area contributed by atoms with Crippen LogP contribution in [0.4, 0.5) is 0 Å². The lowest BCUT2D eigenvalue weighted by Gasteiger charge is -2.06. The third kappa shape index (κ3) is 3.48. The molecule has 0 amide bonds. The van der Waals surface area contributed by atoms with Crippen molar-refractivity contribution < 1.29 is 0 Å². The fraction of sp³-hybridized carbons (Fsp3) is 0.286. The number of halogens is 1. The standard InChI is InChI=1S/C14H15BrN2OS/c1-3-17-9-16-13(12(15)14(17)18)19-8-11-6-4-10(2)5-7-11/h4-7,9H,3,8H2,1-2H3. The lowest BCUT2D eigenvalue weighted by Crippen LogP contribution is -2.20. The molecule has 0 bridgehead atoms. The normalized spacial score (nSPS) is 10.7. The fourth-order valence-corrected chi connectivity index (χ4v) is 3.12. The zero-order chi connectivity index (χ0) is 13.8. The summed E-state index contributed by atoms with van der Waals surface area (Å²) >= 11 is 4.91. The molecule has 0 spiro atoms. The van der Waals surface area contributed by atoms with Crippen molar-refractivity contribution in [3.8, 4) is 0 Å². The molecule has 0 fully saturated rings. The lowest BCUT2D eigenvalue weighted by atomic mass is 10.2. The number of benzene rings is 1. The van der Waals surface area contributed by atoms with Crippen LogP contribution in [-0.4, -0.2) is 9.55 Å². The van der Waals surface area contributed by atoms with Gasteiger partial charge in [-0.05, 0) is 35.3 Å². The Kier molecular flexibility index (Phi) is 4.82. The molecule has 5 heteroatoms. The molecule has 0 saturated heterocycles. The van der Waals surface area contributed by atoms with Crippen molar-refractivity contribution in [2.24, 2.45) is 0 Å². The summed E-state index contributed by atoms with van der Waals surface area (Å²) in [6, 6.07) is 8.38. The van der Waals surface area contributed by atoms with Crippen LogP contribution in [0.5, 0.6) is 0 Å². The number of hydrogen-bond donors (Lipinski definition) is 0. The molecular weight excluding hydrogens is 324 g/mol. The molecule has 2 aromatic rings. The van der Waals surface area contributed by atoms with Gasteiger partial charge in [-0.2, -0.15) is 0 Å². The van der Waals surface area contributed by atoms with Crippen molar-refractivity contribution in [2.45, 2.75) is 31.2 Å². The summed E-state index contributed by atoms with van der Waals surface area (Å²) in [5.41, 5.74) is 2.45. The summed E-state index contributed by atoms with van der Waals surface area (Å²) in [5, 5.41) is 0.746. The van der Waals surface area contributed by atoms with Crippen LogP contribution < -0.4 is 5.56 Å². The van der Waals surface area contributed by atoms with Gasteiger partial charge in [0, 0.05) is 12.3 Å². The number of aryl methyl sites for hydroxylation is 2. The van der Waals surface area contributed by atoms with E-state index in [1.165, 1.54) is 11.1 Å². The number of rotatable bonds is 4. The minimum atomic E-state index is -0.0242. The molecule has 3 nitrogen and oxygen atoms in total. The monoisotopic (exact) mass is 338 g/mol. The minimum Gasteiger partial charge on any atom is -0.299 e. The number of aromatic nitrogens is 2. The van der Waals surface area contributed by atoms with Gasteiger partial charge < -0.3 is 0 Å². The molecule has 0 atom stereocenters. The molecule has 0 aliphatic carbocycles. The van der Waals surface area contributed by atoms with E-state index in [9.17, 15) is 4.79 Å². The number of hydrogen-bond acceptors (Lipinski definition) is 3. The van der Waals surface area contributed by atoms with Gasteiger partial charge in [-0.15, -0.1) is 11.8 Å². The Morgan fingerprint density at radius 2 is 2.00 bits per heavy atom. The SMILES string of the molecule is CCn1cnc(SCc2ccc(C)cc2)c(Br)c1=O. The second-order valence-electron chi connectivity index (χ2n) is 4.23. The molecule has 0 radical (unpaired) electrons. The van der Waals surface area contributed by atoms with Gasteiger partial charge in [-0.25, -0.2) is 4.98 Å². The van der Waals surface area contributed by atoms with Gasteiger partial charge in [0.15, 0.2) is 0 Å². The topological polar surface area (TPSA) is 34.9 Å². The van der Waals surface area contributed by atoms with E-state index in [2.05, 4.69) is 52.1 Å². The second-order valence-corrected chi connectivity index (χ2v) is 5.99. The molecule has 19 heavy (non-hydrogen) atoms. The van der Waals surface area contributed by atoms with Gasteiger partial charge in [0.1, 0.15) is 9.50 Å². The molecule has 100 valence electrons. The Bertz CT molecular complexity index is 622. The van der Waals surface area contributed by atoms with Gasteiger partial charge >= 0.3 is 0 Å². The zero-order valence-electron chi connectivity index (χ0n) is 10.9. The molecule has 2 rings (SSSR count). The Morgan fingerprint density at radius 1 is 1.32 bits per heavy atom. The van der Waals surface area contributed by atoms with E-state index >= 15 is 0 Å². The van der Waals surface area contributed by atoms with Gasteiger partial charge in [-0.1, -0.05) is 29.8 Å². The summed E-state index contributed by atoms with van der Waals surface area (Å²) in [6.07, 6.45) is 1.60. The molecule has 0 unspecified atom stereocenters. The van der Waals surface area contributed by atoms with Crippen molar-refractivity contribution in [2.75, 3.05) is 0 Å². The molecule has 0 aliphatic heterocycles. The minimum absolute atomic E-state index is 0.0242. The van der Waals surface area contributed by atoms with E-state index in [4.69, 9.17) is 0 Å². The lowest BCUT2D eigenvalue weighted by molar-refractivity contribution is 0.687. The van der Waals surface area contributed by atoms with Crippen molar-refractivity contribution in [3.05, 3.63) is 56.5 Å². The quantitative estimate of drug-likeness (QED) is 0.630. The highest BCUT2D eigenvalue weighted by atomic mass is 79.9. The van der Waals surface area contributed by atoms with Crippen molar-refractivity contribution in [1.29, 1.82) is 0 Å². The first-order valence-corrected chi connectivity index (χ1v) is 7.83. The molecule has 0 saturated carbocycles. The summed E-state index contributed by atoms with van der Waals surface area (Å²) in [6.45, 7) is 4.63. The summed E-state index contributed by atoms with van der Waals surface area (Å²) in [4.78, 5) is 16.3. The first-order valence-electron chi connectivity index (χ1n) is 6.05. The van der Waals surface area contributed by atoms with Crippen LogP contribution in [0.15, 0.2) is 44.9 Å². The van der Waals surface area contributed by atoms with Crippen LogP contribution in [0.1, 0.15) is 18.1 Å². The average Bonchev–Trinajstić information content (AvgIpc) is 2.42. The smallest absolute Gasteiger partial charge is 0.268 e. The van der Waals surface area contributed by atoms with E-state index < -0.39 is 0 Å². The van der Waals surface area contributed by atoms with Gasteiger partial charge in [-0.3, -0.25) is 9.36 Å². The van der Waals surface area contributed by atoms with E-state index in [1.54, 1.807) is 22.7 Å². The highest BCUT2D eigenvalue weighted by Crippen LogP contribution is 2.25. The van der Waals surface area contributed by atoms with Gasteiger partial charge in [0.25, 0.3) is 5.56 Å². The third-order valence-electron chi connectivity index (χ3n) is 2.79. The van der Waals surface area contributed by atoms with Gasteiger partial charge in [0.2, 0.25) is 0 Å². The Hall–Kier alpha value is -1.07. The van der Waals surface area contributed by atoms with E-state index in [0.717, 1.165) is 10.8 Å². The summed E-state index contributed by atoms with van der Waals surface area (Å²) in [7, 11) is 0. The molecule has 0 aliphatic rings. The number of nitrogens with zero attached hydrogens (tertiary/aromatic N) is 2. The van der Waals surface area contributed by atoms with Crippen LogP contribution in [0.2, 0.25) is 0 Å². The third-order valence-corrected chi connectivity index (χ3v) is 4.83. The highest BCUT2D eigenvalue weighted by Gasteiger charge is 2.09. The predicted octanol–water partition coefficient (Wildman–Crippen LogP) is 3.63. The first-order chi connectivity index (χ1) is 9.11. The van der Waals surface area contributed by atoms with E-state index in [-0.39, 0.29) is 5.56 Å². The van der Waals surface area contributed by atoms with Crippen LogP contribution in [0.3, 0.4) is 0 Å². The molecular formula is C14H15BrN2OS. The van der Waals surface area contributed by atoms with Crippen molar-refractivity contribution in [1.82, 2.24) is 9.55 Å². The Balaban J connectivity index is 2.14. The van der Waals surface area contributed by atoms with Gasteiger partial charge in [0.05, 0.1) is 6.33 Å². The maximum Gasteiger partial charge on any atom is 0.268 e. The first kappa shape index (κ1) is 14.3. The fourth-order valence-electron chi connectivity index (χ4n) is 1.61. The van der Waals surface area contributed by atoms with Crippen LogP contribution >= 0.6 is 27.7 Å². The molecule has 1 aromatic carbocycles. The Morgan fingerprint density at radius 3 is 2.63 bits per heavy atom. The average molecular weight is 339 g/mol. The predicted molar refractivity (Wildman–Crippen MR) is 82.6 cm³/mol. The molecule has 1 heterocycles. The number of thioether (sulfide) groups is 1. The molecule has 1 aromatic heterocycles. The highest BCUT2D eigenvalue weighted by molar-refractivity contribution is 9.10. The van der Waals surface area contributed by atoms with Crippen LogP contribution in [0, 0.1) is 6.92 Å². The van der Waals surface area contributed by atoms with Crippen molar-refractivity contribution in [3.63, 3.8) is 0 Å². The summed E-state index contributed by atoms with van der Waals surface area (Å²) < 4.78 is 2.13. The van der Waals surface area contributed by atoms with Crippen LogP contribution in [0.25, 0.3) is 0 Å². The van der Waals surface area contributed by atoms with Crippen molar-refractivity contribution >= 4 is 27.7 Å². The van der Waals surface area contributed by atoms with Crippen LogP contribution in [-0.2, 0) is 12.3 Å². The zero-order valence-corrected chi connectivity index (χ0v) is 13.3.